The molecular formula is C19H26N2O5S. The van der Waals surface area contributed by atoms with Gasteiger partial charge in [-0.2, -0.15) is 4.72 Å². The van der Waals surface area contributed by atoms with E-state index in [2.05, 4.69) is 4.72 Å². The molecule has 0 spiro atoms. The lowest BCUT2D eigenvalue weighted by Gasteiger charge is -2.21. The van der Waals surface area contributed by atoms with E-state index in [-0.39, 0.29) is 17.2 Å². The molecule has 1 atom stereocenters. The van der Waals surface area contributed by atoms with Crippen LogP contribution in [0.25, 0.3) is 0 Å². The Morgan fingerprint density at radius 1 is 1.26 bits per heavy atom. The van der Waals surface area contributed by atoms with Crippen LogP contribution in [-0.2, 0) is 14.8 Å². The molecule has 0 unspecified atom stereocenters. The van der Waals surface area contributed by atoms with Crippen LogP contribution in [0.2, 0.25) is 0 Å². The minimum atomic E-state index is -3.84. The van der Waals surface area contributed by atoms with Gasteiger partial charge < -0.3 is 14.1 Å². The second kappa shape index (κ2) is 9.57. The van der Waals surface area contributed by atoms with Gasteiger partial charge in [0, 0.05) is 13.6 Å². The highest BCUT2D eigenvalue weighted by Crippen LogP contribution is 2.23. The van der Waals surface area contributed by atoms with Gasteiger partial charge in [0.05, 0.1) is 30.7 Å². The van der Waals surface area contributed by atoms with Gasteiger partial charge in [0.15, 0.2) is 0 Å². The number of ether oxygens (including phenoxy) is 1. The van der Waals surface area contributed by atoms with Crippen LogP contribution < -0.4 is 9.46 Å². The highest BCUT2D eigenvalue weighted by molar-refractivity contribution is 7.89. The van der Waals surface area contributed by atoms with Crippen LogP contribution in [0.15, 0.2) is 52.0 Å². The molecule has 1 amide bonds. The molecule has 0 radical (unpaired) electrons. The number of methoxy groups -OCH3 is 1. The Kier molecular flexibility index (Phi) is 7.44. The molecule has 0 aliphatic rings. The number of nitrogens with zero attached hydrogens (tertiary/aromatic N) is 1. The molecule has 27 heavy (non-hydrogen) atoms. The summed E-state index contributed by atoms with van der Waals surface area (Å²) in [6, 6.07) is 8.57. The highest BCUT2D eigenvalue weighted by atomic mass is 32.2. The number of carbonyl (C=O) groups excluding carboxylic acids is 1. The standard InChI is InChI=1S/C19H26N2O5S/c1-4-5-12-21(2)19(22)14-17(18-7-6-13-26-18)20-27(23,24)16-10-8-15(25-3)9-11-16/h6-11,13,17,20H,4-5,12,14H2,1-3H3/t17-/m1/s1. The van der Waals surface area contributed by atoms with Crippen molar-refractivity contribution in [1.82, 2.24) is 9.62 Å². The highest BCUT2D eigenvalue weighted by Gasteiger charge is 2.26. The lowest BCUT2D eigenvalue weighted by atomic mass is 10.1. The topological polar surface area (TPSA) is 88.9 Å². The molecule has 2 rings (SSSR count). The van der Waals surface area contributed by atoms with Gasteiger partial charge in [0.2, 0.25) is 15.9 Å². The molecular weight excluding hydrogens is 368 g/mol. The predicted octanol–water partition coefficient (Wildman–Crippen LogP) is 2.96. The summed E-state index contributed by atoms with van der Waals surface area (Å²) in [4.78, 5) is 14.2. The van der Waals surface area contributed by atoms with Gasteiger partial charge >= 0.3 is 0 Å². The number of nitrogens with one attached hydrogen (secondary N) is 1. The van der Waals surface area contributed by atoms with Gasteiger partial charge in [-0.1, -0.05) is 13.3 Å². The third-order valence-electron chi connectivity index (χ3n) is 4.21. The number of benzene rings is 1. The molecule has 0 saturated carbocycles. The molecule has 1 aromatic carbocycles. The third-order valence-corrected chi connectivity index (χ3v) is 5.69. The van der Waals surface area contributed by atoms with Crippen molar-refractivity contribution in [1.29, 1.82) is 0 Å². The first-order valence-corrected chi connectivity index (χ1v) is 10.3. The second-order valence-electron chi connectivity index (χ2n) is 6.24. The van der Waals surface area contributed by atoms with Crippen molar-refractivity contribution in [2.75, 3.05) is 20.7 Å². The largest absolute Gasteiger partial charge is 0.497 e. The van der Waals surface area contributed by atoms with Gasteiger partial charge in [-0.05, 0) is 42.8 Å². The van der Waals surface area contributed by atoms with E-state index in [9.17, 15) is 13.2 Å². The Morgan fingerprint density at radius 3 is 2.52 bits per heavy atom. The molecule has 0 aliphatic carbocycles. The van der Waals surface area contributed by atoms with Crippen molar-refractivity contribution < 1.29 is 22.4 Å². The summed E-state index contributed by atoms with van der Waals surface area (Å²) in [6.45, 7) is 2.68. The van der Waals surface area contributed by atoms with E-state index in [1.165, 1.54) is 25.5 Å². The van der Waals surface area contributed by atoms with Gasteiger partial charge in [-0.25, -0.2) is 8.42 Å². The fourth-order valence-corrected chi connectivity index (χ4v) is 3.76. The molecule has 0 saturated heterocycles. The number of carbonyl (C=O) groups is 1. The van der Waals surface area contributed by atoms with Crippen LogP contribution in [-0.4, -0.2) is 39.9 Å². The maximum atomic E-state index is 12.7. The van der Waals surface area contributed by atoms with E-state index in [4.69, 9.17) is 9.15 Å². The van der Waals surface area contributed by atoms with Crippen molar-refractivity contribution in [3.63, 3.8) is 0 Å². The molecule has 7 nitrogen and oxygen atoms in total. The number of unbranched alkanes of at least 4 members (excludes halogenated alkanes) is 1. The first kappa shape index (κ1) is 21.0. The maximum absolute atomic E-state index is 12.7. The number of amides is 1. The average molecular weight is 394 g/mol. The fourth-order valence-electron chi connectivity index (χ4n) is 2.55. The van der Waals surface area contributed by atoms with Crippen LogP contribution in [0, 0.1) is 0 Å². The van der Waals surface area contributed by atoms with Gasteiger partial charge in [-0.15, -0.1) is 0 Å². The summed E-state index contributed by atoms with van der Waals surface area (Å²) >= 11 is 0. The predicted molar refractivity (Wildman–Crippen MR) is 102 cm³/mol. The lowest BCUT2D eigenvalue weighted by molar-refractivity contribution is -0.130. The van der Waals surface area contributed by atoms with Crippen LogP contribution >= 0.6 is 0 Å². The molecule has 8 heteroatoms. The van der Waals surface area contributed by atoms with Crippen LogP contribution in [0.5, 0.6) is 5.75 Å². The Bertz CT molecular complexity index is 816. The summed E-state index contributed by atoms with van der Waals surface area (Å²) < 4.78 is 38.5. The first-order chi connectivity index (χ1) is 12.9. The zero-order valence-electron chi connectivity index (χ0n) is 15.8. The van der Waals surface area contributed by atoms with E-state index in [0.717, 1.165) is 12.8 Å². The van der Waals surface area contributed by atoms with Crippen molar-refractivity contribution >= 4 is 15.9 Å². The molecule has 148 valence electrons. The summed E-state index contributed by atoms with van der Waals surface area (Å²) in [5.74, 6) is 0.802. The summed E-state index contributed by atoms with van der Waals surface area (Å²) in [7, 11) is -0.608. The quantitative estimate of drug-likeness (QED) is 0.669. The Balaban J connectivity index is 2.18. The Morgan fingerprint density at radius 2 is 1.96 bits per heavy atom. The normalized spacial score (nSPS) is 12.6. The van der Waals surface area contributed by atoms with Gasteiger partial charge in [-0.3, -0.25) is 4.79 Å². The minimum Gasteiger partial charge on any atom is -0.497 e. The van der Waals surface area contributed by atoms with Gasteiger partial charge in [0.1, 0.15) is 11.5 Å². The minimum absolute atomic E-state index is 0.0247. The van der Waals surface area contributed by atoms with Crippen molar-refractivity contribution in [2.45, 2.75) is 37.1 Å². The third kappa shape index (κ3) is 5.83. The van der Waals surface area contributed by atoms with E-state index < -0.39 is 16.1 Å². The molecule has 1 heterocycles. The SMILES string of the molecule is CCCCN(C)C(=O)C[C@@H](NS(=O)(=O)c1ccc(OC)cc1)c1ccco1. The van der Waals surface area contributed by atoms with E-state index >= 15 is 0 Å². The molecule has 1 N–H and O–H groups in total. The fraction of sp³-hybridized carbons (Fsp3) is 0.421. The van der Waals surface area contributed by atoms with Crippen LogP contribution in [0.1, 0.15) is 38.0 Å². The average Bonchev–Trinajstić information content (AvgIpc) is 3.20. The molecule has 0 fully saturated rings. The van der Waals surface area contributed by atoms with Crippen LogP contribution in [0.3, 0.4) is 0 Å². The summed E-state index contributed by atoms with van der Waals surface area (Å²) in [5.41, 5.74) is 0. The smallest absolute Gasteiger partial charge is 0.241 e. The van der Waals surface area contributed by atoms with Crippen molar-refractivity contribution in [3.05, 3.63) is 48.4 Å². The number of hydrogen-bond acceptors (Lipinski definition) is 5. The van der Waals surface area contributed by atoms with E-state index in [1.807, 2.05) is 6.92 Å². The van der Waals surface area contributed by atoms with Gasteiger partial charge in [0.25, 0.3) is 0 Å². The van der Waals surface area contributed by atoms with E-state index in [1.54, 1.807) is 36.2 Å². The Labute approximate surface area is 160 Å². The first-order valence-electron chi connectivity index (χ1n) is 8.81. The summed E-state index contributed by atoms with van der Waals surface area (Å²) in [6.07, 6.45) is 3.30. The van der Waals surface area contributed by atoms with Crippen molar-refractivity contribution in [3.8, 4) is 5.75 Å². The van der Waals surface area contributed by atoms with Crippen LogP contribution in [0.4, 0.5) is 0 Å². The second-order valence-corrected chi connectivity index (χ2v) is 7.95. The number of furan rings is 1. The zero-order valence-corrected chi connectivity index (χ0v) is 16.7. The molecule has 0 bridgehead atoms. The number of sulfonamides is 1. The Hall–Kier alpha value is -2.32. The van der Waals surface area contributed by atoms with E-state index in [0.29, 0.717) is 18.1 Å². The van der Waals surface area contributed by atoms with Crippen molar-refractivity contribution in [2.24, 2.45) is 0 Å². The maximum Gasteiger partial charge on any atom is 0.241 e. The number of rotatable bonds is 10. The molecule has 1 aromatic heterocycles. The number of hydrogen-bond donors (Lipinski definition) is 1. The summed E-state index contributed by atoms with van der Waals surface area (Å²) in [5, 5.41) is 0. The molecule has 2 aromatic rings. The lowest BCUT2D eigenvalue weighted by Crippen LogP contribution is -2.35. The molecule has 0 aliphatic heterocycles. The zero-order chi connectivity index (χ0) is 19.9. The monoisotopic (exact) mass is 394 g/mol.